The van der Waals surface area contributed by atoms with Gasteiger partial charge in [0.05, 0.1) is 5.56 Å². The molecule has 0 aliphatic carbocycles. The van der Waals surface area contributed by atoms with Crippen LogP contribution >= 0.6 is 43.6 Å². The van der Waals surface area contributed by atoms with Gasteiger partial charge in [0, 0.05) is 20.9 Å². The van der Waals surface area contributed by atoms with Crippen LogP contribution in [-0.4, -0.2) is 16.1 Å². The maximum absolute atomic E-state index is 10.8. The maximum atomic E-state index is 10.8. The summed E-state index contributed by atoms with van der Waals surface area (Å²) < 4.78 is 1.75. The lowest BCUT2D eigenvalue weighted by Gasteiger charge is -2.06. The molecule has 0 atom stereocenters. The van der Waals surface area contributed by atoms with Gasteiger partial charge >= 0.3 is 5.97 Å². The van der Waals surface area contributed by atoms with Crippen molar-refractivity contribution >= 4 is 49.6 Å². The molecule has 1 N–H and O–H groups in total. The van der Waals surface area contributed by atoms with E-state index in [0.717, 1.165) is 25.3 Å². The Kier molecular flexibility index (Phi) is 5.01. The van der Waals surface area contributed by atoms with Gasteiger partial charge in [0.25, 0.3) is 0 Å². The van der Waals surface area contributed by atoms with Gasteiger partial charge in [-0.2, -0.15) is 0 Å². The first-order valence-electron chi connectivity index (χ1n) is 5.33. The number of aromatic carboxylic acids is 1. The average molecular weight is 403 g/mol. The van der Waals surface area contributed by atoms with Crippen molar-refractivity contribution in [1.29, 1.82) is 0 Å². The minimum Gasteiger partial charge on any atom is -0.478 e. The summed E-state index contributed by atoms with van der Waals surface area (Å²) >= 11 is 8.44. The summed E-state index contributed by atoms with van der Waals surface area (Å²) in [6, 6.07) is 8.85. The summed E-state index contributed by atoms with van der Waals surface area (Å²) in [6.07, 6.45) is 1.75. The fourth-order valence-electron chi connectivity index (χ4n) is 1.42. The summed E-state index contributed by atoms with van der Waals surface area (Å²) in [7, 11) is 0. The second kappa shape index (κ2) is 6.54. The number of aromatic nitrogens is 1. The van der Waals surface area contributed by atoms with Gasteiger partial charge in [-0.3, -0.25) is 0 Å². The lowest BCUT2D eigenvalue weighted by Crippen LogP contribution is -1.97. The Balaban J connectivity index is 2.12. The van der Waals surface area contributed by atoms with Gasteiger partial charge in [-0.25, -0.2) is 9.78 Å². The molecule has 0 aliphatic rings. The standard InChI is InChI=1S/C13H9Br2NO2S/c14-10-2-1-5-16-12(10)19-7-9-4-3-8(13(17)18)6-11(9)15/h1-6H,7H2,(H,17,18). The Morgan fingerprint density at radius 3 is 2.68 bits per heavy atom. The Labute approximate surface area is 131 Å². The SMILES string of the molecule is O=C(O)c1ccc(CSc2ncccc2Br)c(Br)c1. The normalized spacial score (nSPS) is 10.4. The molecule has 1 heterocycles. The van der Waals surface area contributed by atoms with E-state index < -0.39 is 5.97 Å². The highest BCUT2D eigenvalue weighted by molar-refractivity contribution is 9.10. The van der Waals surface area contributed by atoms with Gasteiger partial charge in [0.1, 0.15) is 5.03 Å². The van der Waals surface area contributed by atoms with Gasteiger partial charge in [-0.15, -0.1) is 11.8 Å². The molecule has 0 fully saturated rings. The highest BCUT2D eigenvalue weighted by Crippen LogP contribution is 2.30. The topological polar surface area (TPSA) is 50.2 Å². The number of rotatable bonds is 4. The lowest BCUT2D eigenvalue weighted by molar-refractivity contribution is 0.0697. The molecule has 2 aromatic rings. The smallest absolute Gasteiger partial charge is 0.335 e. The van der Waals surface area contributed by atoms with Crippen LogP contribution < -0.4 is 0 Å². The number of nitrogens with zero attached hydrogens (tertiary/aromatic N) is 1. The van der Waals surface area contributed by atoms with E-state index in [1.165, 1.54) is 0 Å². The molecule has 1 aromatic carbocycles. The van der Waals surface area contributed by atoms with Gasteiger partial charge in [0.2, 0.25) is 0 Å². The number of carboxylic acids is 1. The number of carbonyl (C=O) groups is 1. The quantitative estimate of drug-likeness (QED) is 0.759. The van der Waals surface area contributed by atoms with Crippen molar-refractivity contribution in [3.05, 3.63) is 56.6 Å². The molecular weight excluding hydrogens is 394 g/mol. The molecule has 0 aliphatic heterocycles. The first kappa shape index (κ1) is 14.6. The molecule has 0 saturated heterocycles. The summed E-state index contributed by atoms with van der Waals surface area (Å²) in [4.78, 5) is 15.1. The first-order chi connectivity index (χ1) is 9.08. The number of halogens is 2. The van der Waals surface area contributed by atoms with Gasteiger partial charge in [0.15, 0.2) is 0 Å². The van der Waals surface area contributed by atoms with Gasteiger partial charge in [-0.05, 0) is 45.8 Å². The lowest BCUT2D eigenvalue weighted by atomic mass is 10.1. The summed E-state index contributed by atoms with van der Waals surface area (Å²) in [5.41, 5.74) is 1.31. The van der Waals surface area contributed by atoms with Crippen molar-refractivity contribution in [3.8, 4) is 0 Å². The zero-order chi connectivity index (χ0) is 13.8. The molecule has 0 amide bonds. The molecule has 6 heteroatoms. The van der Waals surface area contributed by atoms with Crippen LogP contribution in [0.5, 0.6) is 0 Å². The number of thioether (sulfide) groups is 1. The molecule has 0 spiro atoms. The molecule has 19 heavy (non-hydrogen) atoms. The number of carboxylic acid groups (broad SMARTS) is 1. The number of pyridine rings is 1. The maximum Gasteiger partial charge on any atom is 0.335 e. The molecule has 1 aromatic heterocycles. The van der Waals surface area contributed by atoms with E-state index in [2.05, 4.69) is 36.8 Å². The van der Waals surface area contributed by atoms with Crippen molar-refractivity contribution in [2.75, 3.05) is 0 Å². The average Bonchev–Trinajstić information content (AvgIpc) is 2.39. The van der Waals surface area contributed by atoms with Crippen LogP contribution in [0, 0.1) is 0 Å². The number of hydrogen-bond acceptors (Lipinski definition) is 3. The van der Waals surface area contributed by atoms with Gasteiger partial charge < -0.3 is 5.11 Å². The molecule has 2 rings (SSSR count). The molecule has 0 saturated carbocycles. The van der Waals surface area contributed by atoms with E-state index in [1.54, 1.807) is 30.1 Å². The predicted molar refractivity (Wildman–Crippen MR) is 82.6 cm³/mol. The van der Waals surface area contributed by atoms with Crippen molar-refractivity contribution in [2.45, 2.75) is 10.8 Å². The summed E-state index contributed by atoms with van der Waals surface area (Å²) in [6.45, 7) is 0. The third kappa shape index (κ3) is 3.81. The van der Waals surface area contributed by atoms with Crippen molar-refractivity contribution < 1.29 is 9.90 Å². The fraction of sp³-hybridized carbons (Fsp3) is 0.0769. The molecule has 3 nitrogen and oxygen atoms in total. The van der Waals surface area contributed by atoms with Crippen LogP contribution in [0.25, 0.3) is 0 Å². The predicted octanol–water partition coefficient (Wildman–Crippen LogP) is 4.60. The first-order valence-corrected chi connectivity index (χ1v) is 7.90. The Morgan fingerprint density at radius 1 is 1.26 bits per heavy atom. The Morgan fingerprint density at radius 2 is 2.05 bits per heavy atom. The molecule has 0 radical (unpaired) electrons. The summed E-state index contributed by atoms with van der Waals surface area (Å²) in [5, 5.41) is 9.82. The third-order valence-electron chi connectivity index (χ3n) is 2.39. The van der Waals surface area contributed by atoms with E-state index in [4.69, 9.17) is 5.11 Å². The third-order valence-corrected chi connectivity index (χ3v) is 5.08. The van der Waals surface area contributed by atoms with Gasteiger partial charge in [-0.1, -0.05) is 22.0 Å². The Bertz CT molecular complexity index is 619. The molecule has 98 valence electrons. The van der Waals surface area contributed by atoms with Crippen molar-refractivity contribution in [2.24, 2.45) is 0 Å². The molecule has 0 unspecified atom stereocenters. The minimum absolute atomic E-state index is 0.277. The minimum atomic E-state index is -0.924. The van der Waals surface area contributed by atoms with Crippen LogP contribution in [0.2, 0.25) is 0 Å². The molecular formula is C13H9Br2NO2S. The zero-order valence-corrected chi connectivity index (χ0v) is 13.6. The van der Waals surface area contributed by atoms with Crippen LogP contribution in [-0.2, 0) is 5.75 Å². The highest BCUT2D eigenvalue weighted by Gasteiger charge is 2.08. The fourth-order valence-corrected chi connectivity index (χ4v) is 3.61. The van der Waals surface area contributed by atoms with E-state index >= 15 is 0 Å². The zero-order valence-electron chi connectivity index (χ0n) is 9.64. The van der Waals surface area contributed by atoms with E-state index in [1.807, 2.05) is 18.2 Å². The monoisotopic (exact) mass is 401 g/mol. The van der Waals surface area contributed by atoms with E-state index in [0.29, 0.717) is 0 Å². The number of benzene rings is 1. The second-order valence-corrected chi connectivity index (χ2v) is 6.36. The molecule has 0 bridgehead atoms. The van der Waals surface area contributed by atoms with Crippen molar-refractivity contribution in [1.82, 2.24) is 4.98 Å². The van der Waals surface area contributed by atoms with Crippen LogP contribution in [0.4, 0.5) is 0 Å². The number of hydrogen-bond donors (Lipinski definition) is 1. The van der Waals surface area contributed by atoms with Crippen LogP contribution in [0.15, 0.2) is 50.5 Å². The summed E-state index contributed by atoms with van der Waals surface area (Å²) in [5.74, 6) is -0.205. The highest BCUT2D eigenvalue weighted by atomic mass is 79.9. The van der Waals surface area contributed by atoms with Crippen LogP contribution in [0.3, 0.4) is 0 Å². The Hall–Kier alpha value is -0.850. The van der Waals surface area contributed by atoms with Crippen molar-refractivity contribution in [3.63, 3.8) is 0 Å². The second-order valence-electron chi connectivity index (χ2n) is 3.69. The van der Waals surface area contributed by atoms with E-state index in [-0.39, 0.29) is 5.56 Å². The van der Waals surface area contributed by atoms with Crippen LogP contribution in [0.1, 0.15) is 15.9 Å². The largest absolute Gasteiger partial charge is 0.478 e. The van der Waals surface area contributed by atoms with E-state index in [9.17, 15) is 4.79 Å².